The van der Waals surface area contributed by atoms with E-state index in [0.717, 1.165) is 0 Å². The summed E-state index contributed by atoms with van der Waals surface area (Å²) in [5.74, 6) is -0.262. The third-order valence-electron chi connectivity index (χ3n) is 3.75. The van der Waals surface area contributed by atoms with Crippen LogP contribution in [0.2, 0.25) is 5.02 Å². The van der Waals surface area contributed by atoms with E-state index in [9.17, 15) is 9.18 Å². The molecule has 0 fully saturated rings. The number of rotatable bonds is 6. The zero-order valence-electron chi connectivity index (χ0n) is 14.5. The number of carbonyl (C=O) groups excluding carboxylic acids is 1. The minimum Gasteiger partial charge on any atom is -0.489 e. The molecule has 0 bridgehead atoms. The van der Waals surface area contributed by atoms with Gasteiger partial charge in [-0.25, -0.2) is 4.39 Å². The molecule has 5 nitrogen and oxygen atoms in total. The van der Waals surface area contributed by atoms with Gasteiger partial charge in [0.2, 0.25) is 0 Å². The molecule has 138 valence electrons. The number of halogens is 2. The summed E-state index contributed by atoms with van der Waals surface area (Å²) >= 11 is 6.10. The highest BCUT2D eigenvalue weighted by atomic mass is 35.5. The smallest absolute Gasteiger partial charge is 0.261 e. The fourth-order valence-electron chi connectivity index (χ4n) is 2.55. The minimum absolute atomic E-state index is 0.0178. The zero-order chi connectivity index (χ0) is 19.4. The molecule has 0 atom stereocenters. The lowest BCUT2D eigenvalue weighted by Crippen LogP contribution is -2.14. The first-order valence-electron chi connectivity index (χ1n) is 8.07. The van der Waals surface area contributed by atoms with Crippen LogP contribution in [0.5, 0.6) is 5.75 Å². The Morgan fingerprint density at radius 2 is 2.15 bits per heavy atom. The van der Waals surface area contributed by atoms with Gasteiger partial charge in [0.1, 0.15) is 35.2 Å². The van der Waals surface area contributed by atoms with Crippen molar-refractivity contribution in [3.05, 3.63) is 77.3 Å². The van der Waals surface area contributed by atoms with Crippen LogP contribution in [0.15, 0.2) is 59.6 Å². The van der Waals surface area contributed by atoms with Gasteiger partial charge in [-0.1, -0.05) is 41.5 Å². The number of nitrogens with one attached hydrogen (secondary N) is 1. The van der Waals surface area contributed by atoms with Gasteiger partial charge in [-0.15, -0.1) is 0 Å². The van der Waals surface area contributed by atoms with Crippen LogP contribution in [0.3, 0.4) is 0 Å². The van der Waals surface area contributed by atoms with Gasteiger partial charge in [0, 0.05) is 11.8 Å². The second-order valence-electron chi connectivity index (χ2n) is 5.64. The van der Waals surface area contributed by atoms with Crippen molar-refractivity contribution in [1.29, 1.82) is 0 Å². The number of hydrogen-bond acceptors (Lipinski definition) is 4. The molecule has 0 saturated carbocycles. The molecule has 3 rings (SSSR count). The maximum atomic E-state index is 14.3. The Balaban J connectivity index is 1.93. The number of hydrogen-bond donors (Lipinski definition) is 1. The average molecular weight is 387 g/mol. The summed E-state index contributed by atoms with van der Waals surface area (Å²) in [6.07, 6.45) is 1.62. The summed E-state index contributed by atoms with van der Waals surface area (Å²) < 4.78 is 24.8. The van der Waals surface area contributed by atoms with Gasteiger partial charge in [-0.3, -0.25) is 4.79 Å². The Morgan fingerprint density at radius 3 is 2.89 bits per heavy atom. The molecule has 7 heteroatoms. The van der Waals surface area contributed by atoms with Gasteiger partial charge in [0.15, 0.2) is 0 Å². The first kappa shape index (κ1) is 18.7. The van der Waals surface area contributed by atoms with E-state index in [-0.39, 0.29) is 27.6 Å². The Morgan fingerprint density at radius 1 is 1.37 bits per heavy atom. The van der Waals surface area contributed by atoms with Crippen molar-refractivity contribution in [1.82, 2.24) is 5.16 Å². The van der Waals surface area contributed by atoms with Gasteiger partial charge in [-0.2, -0.15) is 0 Å². The van der Waals surface area contributed by atoms with Crippen LogP contribution in [-0.2, 0) is 0 Å². The van der Waals surface area contributed by atoms with Crippen molar-refractivity contribution in [3.8, 4) is 17.0 Å². The molecule has 0 aliphatic rings. The lowest BCUT2D eigenvalue weighted by atomic mass is 10.0. The van der Waals surface area contributed by atoms with Gasteiger partial charge in [-0.05, 0) is 31.2 Å². The van der Waals surface area contributed by atoms with E-state index in [4.69, 9.17) is 20.9 Å². The Kier molecular flexibility index (Phi) is 5.57. The quantitative estimate of drug-likeness (QED) is 0.587. The maximum absolute atomic E-state index is 14.3. The van der Waals surface area contributed by atoms with E-state index < -0.39 is 11.7 Å². The second-order valence-corrected chi connectivity index (χ2v) is 6.05. The minimum atomic E-state index is -0.593. The predicted molar refractivity (Wildman–Crippen MR) is 102 cm³/mol. The van der Waals surface area contributed by atoms with Crippen molar-refractivity contribution in [3.63, 3.8) is 0 Å². The monoisotopic (exact) mass is 386 g/mol. The number of nitrogens with zero attached hydrogens (tertiary/aromatic N) is 1. The van der Waals surface area contributed by atoms with Gasteiger partial charge < -0.3 is 14.6 Å². The third kappa shape index (κ3) is 4.01. The molecule has 1 N–H and O–H groups in total. The molecule has 3 aromatic rings. The summed E-state index contributed by atoms with van der Waals surface area (Å²) in [7, 11) is 0. The Bertz CT molecular complexity index is 980. The predicted octanol–water partition coefficient (Wildman–Crippen LogP) is 5.26. The lowest BCUT2D eigenvalue weighted by molar-refractivity contribution is 0.102. The van der Waals surface area contributed by atoms with Crippen LogP contribution >= 0.6 is 11.6 Å². The van der Waals surface area contributed by atoms with Crippen LogP contribution in [-0.4, -0.2) is 17.7 Å². The number of carbonyl (C=O) groups is 1. The standard InChI is InChI=1S/C20H16ClFN2O3/c1-3-10-26-14-7-4-6-13(11-14)23-20(25)17-12(2)27-24-19(17)18-15(21)8-5-9-16(18)22/h3-9,11H,1,10H2,2H3,(H,23,25). The molecular weight excluding hydrogens is 371 g/mol. The molecular formula is C20H16ClFN2O3. The van der Waals surface area contributed by atoms with Crippen LogP contribution in [0.25, 0.3) is 11.3 Å². The summed E-state index contributed by atoms with van der Waals surface area (Å²) in [5.41, 5.74) is 0.684. The van der Waals surface area contributed by atoms with Gasteiger partial charge in [0.25, 0.3) is 5.91 Å². The molecule has 0 unspecified atom stereocenters. The molecule has 0 saturated heterocycles. The molecule has 2 aromatic carbocycles. The van der Waals surface area contributed by atoms with Crippen LogP contribution in [0, 0.1) is 12.7 Å². The van der Waals surface area contributed by atoms with E-state index in [1.807, 2.05) is 0 Å². The summed E-state index contributed by atoms with van der Waals surface area (Å²) in [6, 6.07) is 11.1. The normalized spacial score (nSPS) is 10.5. The molecule has 1 heterocycles. The second kappa shape index (κ2) is 8.05. The summed E-state index contributed by atoms with van der Waals surface area (Å²) in [5, 5.41) is 6.71. The molecule has 1 amide bonds. The zero-order valence-corrected chi connectivity index (χ0v) is 15.2. The van der Waals surface area contributed by atoms with E-state index in [2.05, 4.69) is 17.1 Å². The molecule has 1 aromatic heterocycles. The molecule has 0 radical (unpaired) electrons. The van der Waals surface area contributed by atoms with Gasteiger partial charge in [0.05, 0.1) is 10.6 Å². The highest BCUT2D eigenvalue weighted by molar-refractivity contribution is 6.33. The fraction of sp³-hybridized carbons (Fsp3) is 0.100. The van der Waals surface area contributed by atoms with E-state index in [1.54, 1.807) is 37.3 Å². The van der Waals surface area contributed by atoms with Crippen molar-refractivity contribution < 1.29 is 18.4 Å². The van der Waals surface area contributed by atoms with Gasteiger partial charge >= 0.3 is 0 Å². The maximum Gasteiger partial charge on any atom is 0.261 e. The largest absolute Gasteiger partial charge is 0.489 e. The van der Waals surface area contributed by atoms with Crippen LogP contribution in [0.4, 0.5) is 10.1 Å². The Labute approximate surface area is 160 Å². The van der Waals surface area contributed by atoms with Crippen LogP contribution < -0.4 is 10.1 Å². The number of aromatic nitrogens is 1. The van der Waals surface area contributed by atoms with Crippen molar-refractivity contribution in [2.75, 3.05) is 11.9 Å². The number of benzene rings is 2. The van der Waals surface area contributed by atoms with Crippen molar-refractivity contribution >= 4 is 23.2 Å². The lowest BCUT2D eigenvalue weighted by Gasteiger charge is -2.09. The number of ether oxygens (including phenoxy) is 1. The summed E-state index contributed by atoms with van der Waals surface area (Å²) in [6.45, 7) is 5.51. The van der Waals surface area contributed by atoms with Crippen molar-refractivity contribution in [2.24, 2.45) is 0 Å². The number of amides is 1. The topological polar surface area (TPSA) is 64.4 Å². The third-order valence-corrected chi connectivity index (χ3v) is 4.06. The summed E-state index contributed by atoms with van der Waals surface area (Å²) in [4.78, 5) is 12.8. The van der Waals surface area contributed by atoms with Crippen LogP contribution in [0.1, 0.15) is 16.1 Å². The number of aryl methyl sites for hydroxylation is 1. The molecule has 27 heavy (non-hydrogen) atoms. The van der Waals surface area contributed by atoms with E-state index >= 15 is 0 Å². The fourth-order valence-corrected chi connectivity index (χ4v) is 2.80. The molecule has 0 spiro atoms. The molecule has 0 aliphatic carbocycles. The Hall–Kier alpha value is -3.12. The molecule has 0 aliphatic heterocycles. The average Bonchev–Trinajstić information content (AvgIpc) is 3.01. The highest BCUT2D eigenvalue weighted by Gasteiger charge is 2.25. The SMILES string of the molecule is C=CCOc1cccc(NC(=O)c2c(-c3c(F)cccc3Cl)noc2C)c1. The van der Waals surface area contributed by atoms with E-state index in [0.29, 0.717) is 18.0 Å². The van der Waals surface area contributed by atoms with Crippen molar-refractivity contribution in [2.45, 2.75) is 6.92 Å². The first-order valence-corrected chi connectivity index (χ1v) is 8.45. The number of anilines is 1. The van der Waals surface area contributed by atoms with E-state index in [1.165, 1.54) is 18.2 Å². The first-order chi connectivity index (χ1) is 13.0. The highest BCUT2D eigenvalue weighted by Crippen LogP contribution is 2.33.